The molecule has 0 spiro atoms. The molecular formula is C21H29N5O3. The highest BCUT2D eigenvalue weighted by molar-refractivity contribution is 5.83. The van der Waals surface area contributed by atoms with Gasteiger partial charge in [-0.15, -0.1) is 0 Å². The summed E-state index contributed by atoms with van der Waals surface area (Å²) in [5.41, 5.74) is 0. The van der Waals surface area contributed by atoms with E-state index in [0.29, 0.717) is 45.1 Å². The van der Waals surface area contributed by atoms with Crippen molar-refractivity contribution in [3.63, 3.8) is 0 Å². The molecule has 4 rings (SSSR count). The summed E-state index contributed by atoms with van der Waals surface area (Å²) < 4.78 is 0. The lowest BCUT2D eigenvalue weighted by Crippen LogP contribution is -2.53. The van der Waals surface area contributed by atoms with E-state index >= 15 is 0 Å². The molecule has 2 fully saturated rings. The van der Waals surface area contributed by atoms with Gasteiger partial charge in [0.05, 0.1) is 12.0 Å². The third-order valence-corrected chi connectivity index (χ3v) is 6.20. The molecule has 8 heteroatoms. The molecule has 2 atom stereocenters. The second-order valence-electron chi connectivity index (χ2n) is 8.10. The maximum Gasteiger partial charge on any atom is 0.230 e. The number of nitrogens with zero attached hydrogens (tertiary/aromatic N) is 5. The molecule has 8 nitrogen and oxygen atoms in total. The lowest BCUT2D eigenvalue weighted by Gasteiger charge is -2.38. The summed E-state index contributed by atoms with van der Waals surface area (Å²) in [5, 5.41) is 10.5. The minimum absolute atomic E-state index is 0.00129. The van der Waals surface area contributed by atoms with Gasteiger partial charge in [-0.1, -0.05) is 12.2 Å². The summed E-state index contributed by atoms with van der Waals surface area (Å²) in [6, 6.07) is 1.79. The van der Waals surface area contributed by atoms with Gasteiger partial charge in [-0.3, -0.25) is 9.59 Å². The summed E-state index contributed by atoms with van der Waals surface area (Å²) in [6.45, 7) is 3.51. The van der Waals surface area contributed by atoms with Crippen LogP contribution in [0, 0.1) is 11.8 Å². The molecule has 1 aromatic heterocycles. The van der Waals surface area contributed by atoms with Crippen molar-refractivity contribution in [3.8, 4) is 0 Å². The van der Waals surface area contributed by atoms with E-state index in [-0.39, 0.29) is 17.7 Å². The van der Waals surface area contributed by atoms with Crippen LogP contribution in [0.3, 0.4) is 0 Å². The van der Waals surface area contributed by atoms with Gasteiger partial charge in [0, 0.05) is 57.6 Å². The number of allylic oxidation sites excluding steroid dienone is 2. The molecule has 29 heavy (non-hydrogen) atoms. The molecule has 2 aliphatic heterocycles. The topological polar surface area (TPSA) is 89.9 Å². The highest BCUT2D eigenvalue weighted by Gasteiger charge is 2.39. The first kappa shape index (κ1) is 19.8. The van der Waals surface area contributed by atoms with Gasteiger partial charge in [-0.2, -0.15) is 0 Å². The Kier molecular flexibility index (Phi) is 6.08. The molecule has 1 aliphatic carbocycles. The van der Waals surface area contributed by atoms with Gasteiger partial charge in [0.15, 0.2) is 0 Å². The van der Waals surface area contributed by atoms with Crippen LogP contribution < -0.4 is 4.90 Å². The number of aliphatic hydroxyl groups excluding tert-OH is 1. The van der Waals surface area contributed by atoms with Crippen molar-refractivity contribution in [2.24, 2.45) is 11.8 Å². The fraction of sp³-hybridized carbons (Fsp3) is 0.619. The first-order valence-corrected chi connectivity index (χ1v) is 10.6. The van der Waals surface area contributed by atoms with Crippen LogP contribution in [0.5, 0.6) is 0 Å². The molecule has 1 N–H and O–H groups in total. The lowest BCUT2D eigenvalue weighted by atomic mass is 9.91. The molecule has 0 unspecified atom stereocenters. The van der Waals surface area contributed by atoms with Gasteiger partial charge in [-0.05, 0) is 31.7 Å². The highest BCUT2D eigenvalue weighted by atomic mass is 16.3. The summed E-state index contributed by atoms with van der Waals surface area (Å²) in [4.78, 5) is 40.3. The number of carbonyl (C=O) groups excluding carboxylic acids is 2. The Bertz CT molecular complexity index is 748. The zero-order chi connectivity index (χ0) is 20.2. The van der Waals surface area contributed by atoms with Gasteiger partial charge in [0.2, 0.25) is 17.8 Å². The molecule has 2 amide bonds. The number of aromatic nitrogens is 2. The molecule has 0 aromatic carbocycles. The summed E-state index contributed by atoms with van der Waals surface area (Å²) in [6.07, 6.45) is 9.68. The molecule has 0 radical (unpaired) electrons. The van der Waals surface area contributed by atoms with Gasteiger partial charge in [0.25, 0.3) is 0 Å². The molecule has 2 saturated heterocycles. The van der Waals surface area contributed by atoms with Gasteiger partial charge in [0.1, 0.15) is 0 Å². The molecule has 0 bridgehead atoms. The van der Waals surface area contributed by atoms with Crippen molar-refractivity contribution in [2.45, 2.75) is 31.8 Å². The number of hydrogen-bond donors (Lipinski definition) is 1. The van der Waals surface area contributed by atoms with Gasteiger partial charge >= 0.3 is 0 Å². The van der Waals surface area contributed by atoms with Crippen LogP contribution in [-0.2, 0) is 9.59 Å². The molecule has 3 heterocycles. The minimum atomic E-state index is -0.690. The second-order valence-corrected chi connectivity index (χ2v) is 8.10. The van der Waals surface area contributed by atoms with Crippen molar-refractivity contribution in [1.29, 1.82) is 0 Å². The van der Waals surface area contributed by atoms with E-state index in [4.69, 9.17) is 0 Å². The van der Waals surface area contributed by atoms with E-state index in [9.17, 15) is 14.7 Å². The van der Waals surface area contributed by atoms with E-state index in [1.807, 2.05) is 17.1 Å². The van der Waals surface area contributed by atoms with Crippen LogP contribution in [0.4, 0.5) is 5.95 Å². The molecular weight excluding hydrogens is 370 g/mol. The van der Waals surface area contributed by atoms with E-state index in [0.717, 1.165) is 25.8 Å². The van der Waals surface area contributed by atoms with Gasteiger partial charge < -0.3 is 19.8 Å². The number of carbonyl (C=O) groups is 2. The lowest BCUT2D eigenvalue weighted by molar-refractivity contribution is -0.147. The van der Waals surface area contributed by atoms with Crippen LogP contribution in [0.1, 0.15) is 25.7 Å². The Morgan fingerprint density at radius 2 is 1.69 bits per heavy atom. The normalized spacial score (nSPS) is 25.9. The Morgan fingerprint density at radius 3 is 2.45 bits per heavy atom. The third kappa shape index (κ3) is 4.42. The number of aliphatic hydroxyl groups is 1. The molecule has 1 aromatic rings. The van der Waals surface area contributed by atoms with Crippen LogP contribution in [0.15, 0.2) is 30.6 Å². The monoisotopic (exact) mass is 399 g/mol. The summed E-state index contributed by atoms with van der Waals surface area (Å²) in [5.74, 6) is 0.208. The first-order chi connectivity index (χ1) is 14.1. The van der Waals surface area contributed by atoms with Crippen molar-refractivity contribution in [2.75, 3.05) is 44.2 Å². The summed E-state index contributed by atoms with van der Waals surface area (Å²) >= 11 is 0. The van der Waals surface area contributed by atoms with Crippen LogP contribution >= 0.6 is 0 Å². The van der Waals surface area contributed by atoms with Crippen LogP contribution in [0.25, 0.3) is 0 Å². The predicted octanol–water partition coefficient (Wildman–Crippen LogP) is 0.691. The number of piperidine rings is 1. The molecule has 0 saturated carbocycles. The van der Waals surface area contributed by atoms with Crippen LogP contribution in [-0.4, -0.2) is 82.1 Å². The zero-order valence-corrected chi connectivity index (χ0v) is 16.7. The van der Waals surface area contributed by atoms with Crippen molar-refractivity contribution in [3.05, 3.63) is 30.6 Å². The van der Waals surface area contributed by atoms with E-state index in [2.05, 4.69) is 14.9 Å². The number of amides is 2. The molecule has 3 aliphatic rings. The van der Waals surface area contributed by atoms with Crippen LogP contribution in [0.2, 0.25) is 0 Å². The standard InChI is InChI=1S/C21H29N5O3/c27-18-7-12-26(19(28)16-5-1-2-6-16)15-17(18)20(29)24-10-4-11-25(14-13-24)21-22-8-3-9-23-21/h1-3,8-9,16-18,27H,4-7,10-15H2/t17-,18+/m0/s1. The summed E-state index contributed by atoms with van der Waals surface area (Å²) in [7, 11) is 0. The fourth-order valence-corrected chi connectivity index (χ4v) is 4.49. The fourth-order valence-electron chi connectivity index (χ4n) is 4.49. The van der Waals surface area contributed by atoms with Gasteiger partial charge in [-0.25, -0.2) is 9.97 Å². The van der Waals surface area contributed by atoms with E-state index in [1.54, 1.807) is 23.4 Å². The van der Waals surface area contributed by atoms with E-state index < -0.39 is 12.0 Å². The number of anilines is 1. The Balaban J connectivity index is 1.37. The first-order valence-electron chi connectivity index (χ1n) is 10.6. The van der Waals surface area contributed by atoms with Crippen molar-refractivity contribution < 1.29 is 14.7 Å². The highest BCUT2D eigenvalue weighted by Crippen LogP contribution is 2.26. The number of rotatable bonds is 3. The third-order valence-electron chi connectivity index (χ3n) is 6.20. The maximum absolute atomic E-state index is 13.2. The van der Waals surface area contributed by atoms with Crippen molar-refractivity contribution >= 4 is 17.8 Å². The quantitative estimate of drug-likeness (QED) is 0.753. The predicted molar refractivity (Wildman–Crippen MR) is 108 cm³/mol. The smallest absolute Gasteiger partial charge is 0.230 e. The SMILES string of the molecule is O=C(C1CC=CC1)N1CC[C@@H](O)[C@@H](C(=O)N2CCCN(c3ncccn3)CC2)C1. The van der Waals surface area contributed by atoms with E-state index in [1.165, 1.54) is 0 Å². The number of likely N-dealkylation sites (tertiary alicyclic amines) is 1. The minimum Gasteiger partial charge on any atom is -0.392 e. The van der Waals surface area contributed by atoms with Crippen molar-refractivity contribution in [1.82, 2.24) is 19.8 Å². The average molecular weight is 399 g/mol. The average Bonchev–Trinajstić information content (AvgIpc) is 3.18. The zero-order valence-electron chi connectivity index (χ0n) is 16.7. The Morgan fingerprint density at radius 1 is 0.931 bits per heavy atom. The number of hydrogen-bond acceptors (Lipinski definition) is 6. The molecule has 156 valence electrons. The Labute approximate surface area is 171 Å². The largest absolute Gasteiger partial charge is 0.392 e. The maximum atomic E-state index is 13.2. The second kappa shape index (κ2) is 8.90. The Hall–Kier alpha value is -2.48.